The molecular formula is C21H16Cl5N5O3. The van der Waals surface area contributed by atoms with Gasteiger partial charge in [0.2, 0.25) is 9.62 Å². The maximum absolute atomic E-state index is 12.9. The van der Waals surface area contributed by atoms with Crippen molar-refractivity contribution in [3.63, 3.8) is 0 Å². The van der Waals surface area contributed by atoms with E-state index >= 15 is 0 Å². The van der Waals surface area contributed by atoms with Gasteiger partial charge in [0.15, 0.2) is 5.82 Å². The van der Waals surface area contributed by atoms with Crippen molar-refractivity contribution in [2.75, 3.05) is 18.4 Å². The first kappa shape index (κ1) is 25.0. The molecule has 0 spiro atoms. The summed E-state index contributed by atoms with van der Waals surface area (Å²) in [5.74, 6) is -2.06. The van der Waals surface area contributed by atoms with Crippen molar-refractivity contribution < 1.29 is 14.7 Å². The van der Waals surface area contributed by atoms with Crippen LogP contribution in [0.2, 0.25) is 10.0 Å². The number of amides is 1. The van der Waals surface area contributed by atoms with Crippen molar-refractivity contribution in [3.05, 3.63) is 69.7 Å². The molecule has 3 aromatic rings. The molecule has 0 radical (unpaired) electrons. The zero-order valence-electron chi connectivity index (χ0n) is 17.2. The van der Waals surface area contributed by atoms with Crippen molar-refractivity contribution >= 4 is 75.6 Å². The topological polar surface area (TPSA) is 100 Å². The second kappa shape index (κ2) is 9.89. The van der Waals surface area contributed by atoms with Crippen LogP contribution in [0.25, 0.3) is 5.69 Å². The molecule has 2 aromatic carbocycles. The molecule has 178 valence electrons. The average Bonchev–Trinajstić information content (AvgIpc) is 3.19. The molecule has 1 saturated heterocycles. The van der Waals surface area contributed by atoms with Crippen molar-refractivity contribution in [1.82, 2.24) is 19.7 Å². The van der Waals surface area contributed by atoms with E-state index in [1.165, 1.54) is 10.7 Å². The highest BCUT2D eigenvalue weighted by Crippen LogP contribution is 2.38. The number of carbonyl (C=O) groups excluding carboxylic acids is 1. The van der Waals surface area contributed by atoms with E-state index in [1.54, 1.807) is 30.3 Å². The standard InChI is InChI=1S/C21H16Cl5N5O3/c22-15-5-4-14(7-16(15)23)31-20(21(24,25)26)28-17(29-31)18(32)27-13-3-1-2-11(6-13)8-30-9-12(10-30)19(33)34/h1-7,12H,8-10H2,(H,27,32)(H,33,34). The number of hydrogen-bond acceptors (Lipinski definition) is 5. The molecule has 1 aliphatic rings. The first-order valence-corrected chi connectivity index (χ1v) is 11.8. The molecule has 34 heavy (non-hydrogen) atoms. The quantitative estimate of drug-likeness (QED) is 0.402. The summed E-state index contributed by atoms with van der Waals surface area (Å²) < 4.78 is -0.758. The van der Waals surface area contributed by atoms with Gasteiger partial charge in [0.1, 0.15) is 0 Å². The Morgan fingerprint density at radius 2 is 1.82 bits per heavy atom. The number of rotatable bonds is 6. The van der Waals surface area contributed by atoms with E-state index in [2.05, 4.69) is 15.4 Å². The number of likely N-dealkylation sites (tertiary alicyclic amines) is 1. The highest BCUT2D eigenvalue weighted by Gasteiger charge is 2.34. The number of carboxylic acid groups (broad SMARTS) is 1. The number of anilines is 1. The van der Waals surface area contributed by atoms with Crippen LogP contribution in [0.5, 0.6) is 0 Å². The number of carboxylic acids is 1. The van der Waals surface area contributed by atoms with Crippen LogP contribution in [0.4, 0.5) is 5.69 Å². The molecule has 1 amide bonds. The fourth-order valence-electron chi connectivity index (χ4n) is 3.44. The fraction of sp³-hybridized carbons (Fsp3) is 0.238. The third kappa shape index (κ3) is 5.59. The van der Waals surface area contributed by atoms with Crippen LogP contribution < -0.4 is 5.32 Å². The van der Waals surface area contributed by atoms with E-state index in [4.69, 9.17) is 63.1 Å². The number of nitrogens with one attached hydrogen (secondary N) is 1. The zero-order chi connectivity index (χ0) is 24.6. The van der Waals surface area contributed by atoms with Crippen molar-refractivity contribution in [2.24, 2.45) is 5.92 Å². The number of halogens is 5. The highest BCUT2D eigenvalue weighted by molar-refractivity contribution is 6.66. The lowest BCUT2D eigenvalue weighted by atomic mass is 9.99. The number of aromatic nitrogens is 3. The summed E-state index contributed by atoms with van der Waals surface area (Å²) in [7, 11) is 0. The van der Waals surface area contributed by atoms with E-state index in [1.807, 2.05) is 11.0 Å². The van der Waals surface area contributed by atoms with Crippen LogP contribution in [-0.2, 0) is 15.1 Å². The van der Waals surface area contributed by atoms with Crippen molar-refractivity contribution in [3.8, 4) is 5.69 Å². The van der Waals surface area contributed by atoms with Gasteiger partial charge in [-0.2, -0.15) is 0 Å². The van der Waals surface area contributed by atoms with Crippen LogP contribution in [0, 0.1) is 5.92 Å². The van der Waals surface area contributed by atoms with Crippen LogP contribution in [0.1, 0.15) is 22.0 Å². The smallest absolute Gasteiger partial charge is 0.309 e. The Morgan fingerprint density at radius 1 is 1.09 bits per heavy atom. The summed E-state index contributed by atoms with van der Waals surface area (Å²) in [4.78, 5) is 30.0. The molecule has 1 aromatic heterocycles. The second-order valence-electron chi connectivity index (χ2n) is 7.65. The van der Waals surface area contributed by atoms with E-state index in [0.29, 0.717) is 36.0 Å². The number of benzene rings is 2. The lowest BCUT2D eigenvalue weighted by Gasteiger charge is -2.36. The number of hydrogen-bond donors (Lipinski definition) is 2. The van der Waals surface area contributed by atoms with Gasteiger partial charge in [-0.1, -0.05) is 70.1 Å². The summed E-state index contributed by atoms with van der Waals surface area (Å²) >= 11 is 30.2. The van der Waals surface area contributed by atoms with E-state index in [-0.39, 0.29) is 22.6 Å². The molecule has 2 N–H and O–H groups in total. The first-order valence-electron chi connectivity index (χ1n) is 9.86. The number of nitrogens with zero attached hydrogens (tertiary/aromatic N) is 4. The van der Waals surface area contributed by atoms with Crippen molar-refractivity contribution in [1.29, 1.82) is 0 Å². The Morgan fingerprint density at radius 3 is 2.47 bits per heavy atom. The average molecular weight is 564 g/mol. The van der Waals surface area contributed by atoms with Gasteiger partial charge in [0.05, 0.1) is 21.7 Å². The molecule has 1 fully saturated rings. The third-order valence-electron chi connectivity index (χ3n) is 5.11. The predicted molar refractivity (Wildman–Crippen MR) is 131 cm³/mol. The minimum atomic E-state index is -1.97. The normalized spacial score (nSPS) is 14.6. The van der Waals surface area contributed by atoms with Gasteiger partial charge in [-0.15, -0.1) is 5.10 Å². The molecule has 0 saturated carbocycles. The minimum absolute atomic E-state index is 0.0967. The van der Waals surface area contributed by atoms with Gasteiger partial charge in [-0.25, -0.2) is 9.67 Å². The summed E-state index contributed by atoms with van der Waals surface area (Å²) in [6, 6.07) is 11.8. The molecule has 0 aliphatic carbocycles. The summed E-state index contributed by atoms with van der Waals surface area (Å²) in [6.07, 6.45) is 0. The van der Waals surface area contributed by atoms with Crippen LogP contribution in [0.3, 0.4) is 0 Å². The zero-order valence-corrected chi connectivity index (χ0v) is 21.0. The largest absolute Gasteiger partial charge is 0.481 e. The molecule has 8 nitrogen and oxygen atoms in total. The first-order chi connectivity index (χ1) is 16.0. The van der Waals surface area contributed by atoms with Crippen molar-refractivity contribution in [2.45, 2.75) is 10.3 Å². The van der Waals surface area contributed by atoms with Gasteiger partial charge < -0.3 is 10.4 Å². The summed E-state index contributed by atoms with van der Waals surface area (Å²) in [5, 5.41) is 16.5. The summed E-state index contributed by atoms with van der Waals surface area (Å²) in [6.45, 7) is 1.54. The molecule has 1 aliphatic heterocycles. The lowest BCUT2D eigenvalue weighted by Crippen LogP contribution is -2.49. The molecule has 2 heterocycles. The second-order valence-corrected chi connectivity index (χ2v) is 10.7. The molecule has 0 bridgehead atoms. The van der Waals surface area contributed by atoms with Crippen LogP contribution >= 0.6 is 58.0 Å². The highest BCUT2D eigenvalue weighted by atomic mass is 35.6. The number of alkyl halides is 3. The van der Waals surface area contributed by atoms with E-state index in [9.17, 15) is 9.59 Å². The predicted octanol–water partition coefficient (Wildman–Crippen LogP) is 5.17. The SMILES string of the molecule is O=C(Nc1cccc(CN2CC(C(=O)O)C2)c1)c1nc(C(Cl)(Cl)Cl)n(-c2ccc(Cl)c(Cl)c2)n1. The van der Waals surface area contributed by atoms with Gasteiger partial charge in [0, 0.05) is 25.3 Å². The number of carbonyl (C=O) groups is 2. The maximum Gasteiger partial charge on any atom is 0.309 e. The fourth-order valence-corrected chi connectivity index (χ4v) is 4.10. The molecule has 0 unspecified atom stereocenters. The molecular weight excluding hydrogens is 548 g/mol. The maximum atomic E-state index is 12.9. The molecule has 13 heteroatoms. The monoisotopic (exact) mass is 561 g/mol. The van der Waals surface area contributed by atoms with Crippen LogP contribution in [-0.4, -0.2) is 49.7 Å². The van der Waals surface area contributed by atoms with Crippen LogP contribution in [0.15, 0.2) is 42.5 Å². The molecule has 4 rings (SSSR count). The Kier molecular flexibility index (Phi) is 7.28. The lowest BCUT2D eigenvalue weighted by molar-refractivity contribution is -0.147. The molecule has 0 atom stereocenters. The van der Waals surface area contributed by atoms with Gasteiger partial charge in [0.25, 0.3) is 5.91 Å². The Hall–Kier alpha value is -2.07. The Balaban J connectivity index is 1.53. The van der Waals surface area contributed by atoms with Gasteiger partial charge in [-0.3, -0.25) is 14.5 Å². The number of aliphatic carboxylic acids is 1. The van der Waals surface area contributed by atoms with Gasteiger partial charge >= 0.3 is 5.97 Å². The Labute approximate surface area is 219 Å². The third-order valence-corrected chi connectivity index (χ3v) is 6.36. The van der Waals surface area contributed by atoms with E-state index in [0.717, 1.165) is 5.56 Å². The van der Waals surface area contributed by atoms with Gasteiger partial charge in [-0.05, 0) is 35.9 Å². The Bertz CT molecular complexity index is 1250. The van der Waals surface area contributed by atoms with E-state index < -0.39 is 15.7 Å². The minimum Gasteiger partial charge on any atom is -0.481 e. The summed E-state index contributed by atoms with van der Waals surface area (Å²) in [5.41, 5.74) is 1.83.